The Balaban J connectivity index is 2.85. The summed E-state index contributed by atoms with van der Waals surface area (Å²) in [6.45, 7) is 2.80. The molecule has 1 rings (SSSR count). The first-order chi connectivity index (χ1) is 8.72. The summed E-state index contributed by atoms with van der Waals surface area (Å²) in [7, 11) is 0. The van der Waals surface area contributed by atoms with E-state index in [1.54, 1.807) is 0 Å². The molecule has 0 saturated carbocycles. The Kier molecular flexibility index (Phi) is 4.11. The fraction of sp³-hybridized carbons (Fsp3) is 0.250. The van der Waals surface area contributed by atoms with Gasteiger partial charge in [0.05, 0.1) is 5.56 Å². The second-order valence-corrected chi connectivity index (χ2v) is 4.40. The third-order valence-corrected chi connectivity index (χ3v) is 2.35. The molecule has 0 unspecified atom stereocenters. The Morgan fingerprint density at radius 3 is 2.32 bits per heavy atom. The molecule has 0 aliphatic carbocycles. The van der Waals surface area contributed by atoms with Crippen molar-refractivity contribution in [2.24, 2.45) is 0 Å². The number of amides is 2. The Morgan fingerprint density at radius 1 is 1.16 bits per heavy atom. The van der Waals surface area contributed by atoms with Gasteiger partial charge in [-0.3, -0.25) is 4.79 Å². The van der Waals surface area contributed by atoms with E-state index in [-0.39, 0.29) is 11.3 Å². The van der Waals surface area contributed by atoms with Gasteiger partial charge in [-0.05, 0) is 32.0 Å². The van der Waals surface area contributed by atoms with Gasteiger partial charge in [-0.2, -0.15) is 0 Å². The number of anilines is 1. The molecular formula is C12H14N2O5. The van der Waals surface area contributed by atoms with Crippen molar-refractivity contribution >= 4 is 23.7 Å². The van der Waals surface area contributed by atoms with Gasteiger partial charge in [-0.15, -0.1) is 0 Å². The summed E-state index contributed by atoms with van der Waals surface area (Å²) in [4.78, 5) is 33.2. The minimum absolute atomic E-state index is 0.0294. The average Bonchev–Trinajstić information content (AvgIpc) is 2.27. The third-order valence-electron chi connectivity index (χ3n) is 2.35. The summed E-state index contributed by atoms with van der Waals surface area (Å²) in [5, 5.41) is 22.0. The molecule has 0 atom stereocenters. The van der Waals surface area contributed by atoms with Crippen LogP contribution in [0, 0.1) is 0 Å². The van der Waals surface area contributed by atoms with Crippen molar-refractivity contribution in [1.29, 1.82) is 0 Å². The minimum Gasteiger partial charge on any atom is -0.478 e. The van der Waals surface area contributed by atoms with E-state index >= 15 is 0 Å². The van der Waals surface area contributed by atoms with Gasteiger partial charge >= 0.3 is 12.1 Å². The van der Waals surface area contributed by atoms with Gasteiger partial charge < -0.3 is 20.8 Å². The molecule has 7 heteroatoms. The molecule has 0 aliphatic heterocycles. The standard InChI is InChI=1S/C12H14N2O5/c1-12(2,14-11(18)19)10(17)13-8-5-3-4-7(6-8)9(15)16/h3-6,14H,1-2H3,(H,13,17)(H,15,16)(H,18,19). The van der Waals surface area contributed by atoms with Crippen molar-refractivity contribution in [2.75, 3.05) is 5.32 Å². The second kappa shape index (κ2) is 5.38. The number of rotatable bonds is 4. The molecule has 0 spiro atoms. The minimum atomic E-state index is -1.33. The molecule has 4 N–H and O–H groups in total. The molecule has 0 heterocycles. The maximum absolute atomic E-state index is 11.9. The summed E-state index contributed by atoms with van der Waals surface area (Å²) in [6, 6.07) is 5.67. The average molecular weight is 266 g/mol. The lowest BCUT2D eigenvalue weighted by atomic mass is 10.0. The van der Waals surface area contributed by atoms with Crippen LogP contribution in [0.2, 0.25) is 0 Å². The lowest BCUT2D eigenvalue weighted by Gasteiger charge is -2.23. The Labute approximate surface area is 109 Å². The van der Waals surface area contributed by atoms with Gasteiger partial charge in [0, 0.05) is 5.69 Å². The van der Waals surface area contributed by atoms with Crippen LogP contribution in [0.15, 0.2) is 24.3 Å². The predicted octanol–water partition coefficient (Wildman–Crippen LogP) is 1.37. The zero-order chi connectivity index (χ0) is 14.6. The van der Waals surface area contributed by atoms with Crippen molar-refractivity contribution in [1.82, 2.24) is 5.32 Å². The first-order valence-corrected chi connectivity index (χ1v) is 5.38. The topological polar surface area (TPSA) is 116 Å². The largest absolute Gasteiger partial charge is 0.478 e. The zero-order valence-corrected chi connectivity index (χ0v) is 10.4. The van der Waals surface area contributed by atoms with Crippen LogP contribution in [0.1, 0.15) is 24.2 Å². The maximum Gasteiger partial charge on any atom is 0.405 e. The first kappa shape index (κ1) is 14.5. The quantitative estimate of drug-likeness (QED) is 0.656. The van der Waals surface area contributed by atoms with E-state index in [1.165, 1.54) is 38.1 Å². The summed E-state index contributed by atoms with van der Waals surface area (Å²) in [5.41, 5.74) is -1.02. The van der Waals surface area contributed by atoms with Gasteiger partial charge in [0.2, 0.25) is 5.91 Å². The highest BCUT2D eigenvalue weighted by atomic mass is 16.4. The van der Waals surface area contributed by atoms with E-state index in [9.17, 15) is 14.4 Å². The van der Waals surface area contributed by atoms with Crippen LogP contribution in [0.25, 0.3) is 0 Å². The van der Waals surface area contributed by atoms with Crippen molar-refractivity contribution in [3.63, 3.8) is 0 Å². The molecule has 0 saturated heterocycles. The third kappa shape index (κ3) is 3.98. The highest BCUT2D eigenvalue weighted by Crippen LogP contribution is 2.13. The van der Waals surface area contributed by atoms with Gasteiger partial charge in [0.25, 0.3) is 0 Å². The lowest BCUT2D eigenvalue weighted by molar-refractivity contribution is -0.121. The van der Waals surface area contributed by atoms with E-state index < -0.39 is 23.5 Å². The molecule has 0 aromatic heterocycles. The number of hydrogen-bond donors (Lipinski definition) is 4. The zero-order valence-electron chi connectivity index (χ0n) is 10.4. The number of carboxylic acids is 1. The molecular weight excluding hydrogens is 252 g/mol. The fourth-order valence-corrected chi connectivity index (χ4v) is 1.34. The van der Waals surface area contributed by atoms with Crippen LogP contribution in [-0.2, 0) is 4.79 Å². The summed E-state index contributed by atoms with van der Waals surface area (Å²) in [6.07, 6.45) is -1.32. The van der Waals surface area contributed by atoms with Crippen LogP contribution in [0.4, 0.5) is 10.5 Å². The molecule has 1 aromatic carbocycles. The fourth-order valence-electron chi connectivity index (χ4n) is 1.34. The molecule has 19 heavy (non-hydrogen) atoms. The number of carbonyl (C=O) groups is 3. The van der Waals surface area contributed by atoms with E-state index in [0.717, 1.165) is 0 Å². The first-order valence-electron chi connectivity index (χ1n) is 5.38. The second-order valence-electron chi connectivity index (χ2n) is 4.40. The monoisotopic (exact) mass is 266 g/mol. The van der Waals surface area contributed by atoms with Crippen LogP contribution in [0.3, 0.4) is 0 Å². The molecule has 1 aromatic rings. The van der Waals surface area contributed by atoms with E-state index in [4.69, 9.17) is 10.2 Å². The van der Waals surface area contributed by atoms with Crippen molar-refractivity contribution in [3.05, 3.63) is 29.8 Å². The Hall–Kier alpha value is -2.57. The normalized spacial score (nSPS) is 10.6. The van der Waals surface area contributed by atoms with Crippen LogP contribution < -0.4 is 10.6 Å². The Bertz CT molecular complexity index is 525. The highest BCUT2D eigenvalue weighted by Gasteiger charge is 2.29. The number of hydrogen-bond acceptors (Lipinski definition) is 3. The van der Waals surface area contributed by atoms with Gasteiger partial charge in [-0.1, -0.05) is 6.07 Å². The molecule has 0 radical (unpaired) electrons. The molecule has 102 valence electrons. The summed E-state index contributed by atoms with van der Waals surface area (Å²) < 4.78 is 0. The highest BCUT2D eigenvalue weighted by molar-refractivity contribution is 6.00. The number of carbonyl (C=O) groups excluding carboxylic acids is 1. The van der Waals surface area contributed by atoms with Crippen molar-refractivity contribution in [2.45, 2.75) is 19.4 Å². The summed E-state index contributed by atoms with van der Waals surface area (Å²) in [5.74, 6) is -1.70. The maximum atomic E-state index is 11.9. The van der Waals surface area contributed by atoms with E-state index in [0.29, 0.717) is 0 Å². The number of nitrogens with one attached hydrogen (secondary N) is 2. The number of benzene rings is 1. The predicted molar refractivity (Wildman–Crippen MR) is 67.3 cm³/mol. The molecule has 0 bridgehead atoms. The number of aromatic carboxylic acids is 1. The smallest absolute Gasteiger partial charge is 0.405 e. The summed E-state index contributed by atoms with van der Waals surface area (Å²) >= 11 is 0. The van der Waals surface area contributed by atoms with Crippen LogP contribution in [0.5, 0.6) is 0 Å². The van der Waals surface area contributed by atoms with E-state index in [2.05, 4.69) is 10.6 Å². The van der Waals surface area contributed by atoms with Gasteiger partial charge in [0.15, 0.2) is 0 Å². The molecule has 0 fully saturated rings. The van der Waals surface area contributed by atoms with Crippen LogP contribution >= 0.6 is 0 Å². The van der Waals surface area contributed by atoms with Gasteiger partial charge in [-0.25, -0.2) is 9.59 Å². The molecule has 0 aliphatic rings. The van der Waals surface area contributed by atoms with Crippen molar-refractivity contribution < 1.29 is 24.6 Å². The molecule has 2 amide bonds. The van der Waals surface area contributed by atoms with E-state index in [1.807, 2.05) is 0 Å². The SMILES string of the molecule is CC(C)(NC(=O)O)C(=O)Nc1cccc(C(=O)O)c1. The number of carboxylic acid groups (broad SMARTS) is 2. The van der Waals surface area contributed by atoms with Crippen LogP contribution in [-0.4, -0.2) is 33.7 Å². The molecule has 7 nitrogen and oxygen atoms in total. The lowest BCUT2D eigenvalue weighted by Crippen LogP contribution is -2.51. The van der Waals surface area contributed by atoms with Gasteiger partial charge in [0.1, 0.15) is 5.54 Å². The Morgan fingerprint density at radius 2 is 1.79 bits per heavy atom. The van der Waals surface area contributed by atoms with Crippen molar-refractivity contribution in [3.8, 4) is 0 Å².